The monoisotopic (exact) mass is 204 g/mol. The van der Waals surface area contributed by atoms with Gasteiger partial charge in [0.2, 0.25) is 5.91 Å². The zero-order valence-corrected chi connectivity index (χ0v) is 8.32. The second-order valence-electron chi connectivity index (χ2n) is 3.67. The van der Waals surface area contributed by atoms with Crippen LogP contribution in [0.2, 0.25) is 0 Å². The fourth-order valence-electron chi connectivity index (χ4n) is 1.91. The number of carbonyl (C=O) groups is 1. The first-order valence-corrected chi connectivity index (χ1v) is 5.00. The maximum absolute atomic E-state index is 11.1. The van der Waals surface area contributed by atoms with Crippen LogP contribution < -0.4 is 5.32 Å². The topological polar surface area (TPSA) is 58.5 Å². The third-order valence-corrected chi connectivity index (χ3v) is 2.59. The molecule has 1 aromatic carbocycles. The summed E-state index contributed by atoms with van der Waals surface area (Å²) >= 11 is 0. The minimum absolute atomic E-state index is 0.322. The fourth-order valence-corrected chi connectivity index (χ4v) is 1.91. The normalized spacial score (nSPS) is 13.3. The summed E-state index contributed by atoms with van der Waals surface area (Å²) < 4.78 is 0. The summed E-state index contributed by atoms with van der Waals surface area (Å²) in [5, 5.41) is 5.18. The molecule has 1 aromatic rings. The number of fused-ring (bicyclic) bond motifs is 1. The van der Waals surface area contributed by atoms with E-state index in [-0.39, 0.29) is 12.5 Å². The summed E-state index contributed by atoms with van der Waals surface area (Å²) in [6.45, 7) is -0.322. The Labute approximate surface area is 87.7 Å². The van der Waals surface area contributed by atoms with Crippen molar-refractivity contribution in [3.63, 3.8) is 0 Å². The first kappa shape index (κ1) is 9.83. The molecule has 0 spiro atoms. The Balaban J connectivity index is 2.10. The lowest BCUT2D eigenvalue weighted by Gasteiger charge is -2.05. The molecule has 0 unspecified atom stereocenters. The van der Waals surface area contributed by atoms with E-state index in [4.69, 9.17) is 0 Å². The van der Waals surface area contributed by atoms with Gasteiger partial charge in [-0.2, -0.15) is 4.91 Å². The highest BCUT2D eigenvalue weighted by atomic mass is 16.3. The standard InChI is InChI=1S/C11H12N2O2/c14-11(7-12-15)13-10-5-4-8-2-1-3-9(8)6-10/h4-6H,1-3,7H2,(H,13,14). The van der Waals surface area contributed by atoms with Crippen molar-refractivity contribution in [3.05, 3.63) is 34.2 Å². The van der Waals surface area contributed by atoms with Crippen LogP contribution in [0.4, 0.5) is 5.69 Å². The van der Waals surface area contributed by atoms with Crippen molar-refractivity contribution >= 4 is 11.6 Å². The van der Waals surface area contributed by atoms with Crippen LogP contribution in [0.25, 0.3) is 0 Å². The number of hydrogen-bond donors (Lipinski definition) is 1. The highest BCUT2D eigenvalue weighted by Crippen LogP contribution is 2.24. The molecule has 0 heterocycles. The van der Waals surface area contributed by atoms with Crippen LogP contribution in [0.15, 0.2) is 23.4 Å². The number of aryl methyl sites for hydroxylation is 2. The second kappa shape index (κ2) is 4.21. The van der Waals surface area contributed by atoms with Crippen LogP contribution in [0.5, 0.6) is 0 Å². The second-order valence-corrected chi connectivity index (χ2v) is 3.67. The minimum atomic E-state index is -0.358. The van der Waals surface area contributed by atoms with Crippen LogP contribution >= 0.6 is 0 Å². The quantitative estimate of drug-likeness (QED) is 0.764. The van der Waals surface area contributed by atoms with Crippen molar-refractivity contribution in [1.82, 2.24) is 0 Å². The molecule has 0 fully saturated rings. The van der Waals surface area contributed by atoms with Gasteiger partial charge in [-0.15, -0.1) is 0 Å². The van der Waals surface area contributed by atoms with Crippen molar-refractivity contribution in [2.45, 2.75) is 19.3 Å². The summed E-state index contributed by atoms with van der Waals surface area (Å²) in [4.78, 5) is 21.0. The van der Waals surface area contributed by atoms with Crippen LogP contribution in [0.3, 0.4) is 0 Å². The molecule has 0 radical (unpaired) electrons. The third-order valence-electron chi connectivity index (χ3n) is 2.59. The zero-order chi connectivity index (χ0) is 10.7. The predicted molar refractivity (Wildman–Crippen MR) is 57.8 cm³/mol. The molecule has 0 saturated carbocycles. The number of nitroso groups, excluding NO2 is 1. The van der Waals surface area contributed by atoms with Crippen LogP contribution in [-0.4, -0.2) is 12.5 Å². The predicted octanol–water partition coefficient (Wildman–Crippen LogP) is 1.88. The first-order chi connectivity index (χ1) is 7.29. The Bertz CT molecular complexity index is 402. The number of carbonyl (C=O) groups excluding carboxylic acids is 1. The van der Waals surface area contributed by atoms with E-state index < -0.39 is 0 Å². The van der Waals surface area contributed by atoms with Gasteiger partial charge in [0, 0.05) is 5.69 Å². The fraction of sp³-hybridized carbons (Fsp3) is 0.364. The van der Waals surface area contributed by atoms with Gasteiger partial charge in [0.25, 0.3) is 0 Å². The Morgan fingerprint density at radius 1 is 1.33 bits per heavy atom. The molecule has 0 atom stereocenters. The lowest BCUT2D eigenvalue weighted by molar-refractivity contribution is -0.114. The molecule has 4 heteroatoms. The van der Waals surface area contributed by atoms with Gasteiger partial charge < -0.3 is 5.32 Å². The van der Waals surface area contributed by atoms with Crippen molar-refractivity contribution in [1.29, 1.82) is 0 Å². The molecule has 1 amide bonds. The van der Waals surface area contributed by atoms with E-state index in [1.165, 1.54) is 17.5 Å². The summed E-state index contributed by atoms with van der Waals surface area (Å²) in [5.41, 5.74) is 3.41. The van der Waals surface area contributed by atoms with Gasteiger partial charge in [-0.3, -0.25) is 4.79 Å². The van der Waals surface area contributed by atoms with E-state index in [0.29, 0.717) is 0 Å². The van der Waals surface area contributed by atoms with E-state index in [1.807, 2.05) is 18.2 Å². The van der Waals surface area contributed by atoms with Crippen molar-refractivity contribution < 1.29 is 4.79 Å². The third kappa shape index (κ3) is 2.21. The number of nitrogens with one attached hydrogen (secondary N) is 1. The summed E-state index contributed by atoms with van der Waals surface area (Å²) in [7, 11) is 0. The lowest BCUT2D eigenvalue weighted by Crippen LogP contribution is -2.14. The number of nitrogens with zero attached hydrogens (tertiary/aromatic N) is 1. The van der Waals surface area contributed by atoms with Gasteiger partial charge in [-0.1, -0.05) is 11.2 Å². The van der Waals surface area contributed by atoms with E-state index in [2.05, 4.69) is 10.5 Å². The average Bonchev–Trinajstić information content (AvgIpc) is 2.65. The molecule has 0 aliphatic heterocycles. The average molecular weight is 204 g/mol. The van der Waals surface area contributed by atoms with Gasteiger partial charge in [0.1, 0.15) is 0 Å². The Morgan fingerprint density at radius 3 is 2.93 bits per heavy atom. The number of amides is 1. The lowest BCUT2D eigenvalue weighted by atomic mass is 10.1. The Morgan fingerprint density at radius 2 is 2.13 bits per heavy atom. The smallest absolute Gasteiger partial charge is 0.249 e. The summed E-state index contributed by atoms with van der Waals surface area (Å²) in [6.07, 6.45) is 3.38. The zero-order valence-electron chi connectivity index (χ0n) is 8.32. The molecular formula is C11H12N2O2. The number of anilines is 1. The van der Waals surface area contributed by atoms with E-state index >= 15 is 0 Å². The molecule has 1 N–H and O–H groups in total. The molecule has 1 aliphatic rings. The molecule has 0 aromatic heterocycles. The number of benzene rings is 1. The van der Waals surface area contributed by atoms with Crippen LogP contribution in [0.1, 0.15) is 17.5 Å². The molecule has 0 bridgehead atoms. The number of hydrogen-bond acceptors (Lipinski definition) is 3. The molecule has 2 rings (SSSR count). The van der Waals surface area contributed by atoms with Crippen molar-refractivity contribution in [2.24, 2.45) is 5.18 Å². The van der Waals surface area contributed by atoms with E-state index in [1.54, 1.807) is 0 Å². The molecular weight excluding hydrogens is 192 g/mol. The van der Waals surface area contributed by atoms with Gasteiger partial charge >= 0.3 is 0 Å². The molecule has 0 saturated heterocycles. The van der Waals surface area contributed by atoms with E-state index in [9.17, 15) is 9.70 Å². The maximum Gasteiger partial charge on any atom is 0.249 e. The van der Waals surface area contributed by atoms with Gasteiger partial charge in [0.15, 0.2) is 6.54 Å². The maximum atomic E-state index is 11.1. The Hall–Kier alpha value is -1.71. The van der Waals surface area contributed by atoms with Crippen molar-refractivity contribution in [3.8, 4) is 0 Å². The SMILES string of the molecule is O=NCC(=O)Nc1ccc2c(c1)CCC2. The summed E-state index contributed by atoms with van der Waals surface area (Å²) in [6, 6.07) is 5.88. The highest BCUT2D eigenvalue weighted by Gasteiger charge is 2.11. The van der Waals surface area contributed by atoms with E-state index in [0.717, 1.165) is 18.5 Å². The highest BCUT2D eigenvalue weighted by molar-refractivity contribution is 5.92. The molecule has 78 valence electrons. The molecule has 1 aliphatic carbocycles. The van der Waals surface area contributed by atoms with Gasteiger partial charge in [0.05, 0.1) is 0 Å². The van der Waals surface area contributed by atoms with Gasteiger partial charge in [-0.05, 0) is 42.5 Å². The largest absolute Gasteiger partial charge is 0.324 e. The van der Waals surface area contributed by atoms with Crippen LogP contribution in [0, 0.1) is 4.91 Å². The van der Waals surface area contributed by atoms with Crippen molar-refractivity contribution in [2.75, 3.05) is 11.9 Å². The minimum Gasteiger partial charge on any atom is -0.324 e. The molecule has 15 heavy (non-hydrogen) atoms. The Kier molecular flexibility index (Phi) is 2.76. The first-order valence-electron chi connectivity index (χ1n) is 5.00. The van der Waals surface area contributed by atoms with Crippen LogP contribution in [-0.2, 0) is 17.6 Å². The number of rotatable bonds is 3. The van der Waals surface area contributed by atoms with Gasteiger partial charge in [-0.25, -0.2) is 0 Å². The molecule has 4 nitrogen and oxygen atoms in total. The summed E-state index contributed by atoms with van der Waals surface area (Å²) in [5.74, 6) is -0.358.